The summed E-state index contributed by atoms with van der Waals surface area (Å²) in [6, 6.07) is 7.50. The molecule has 3 nitrogen and oxygen atoms in total. The molecule has 1 aliphatic rings. The van der Waals surface area contributed by atoms with E-state index in [9.17, 15) is 4.79 Å². The van der Waals surface area contributed by atoms with Crippen LogP contribution in [0.5, 0.6) is 0 Å². The van der Waals surface area contributed by atoms with Crippen molar-refractivity contribution < 1.29 is 4.79 Å². The number of nitrogens with one attached hydrogen (secondary N) is 1. The van der Waals surface area contributed by atoms with Gasteiger partial charge in [0.05, 0.1) is 0 Å². The van der Waals surface area contributed by atoms with Crippen LogP contribution in [0.4, 0.5) is 0 Å². The lowest BCUT2D eigenvalue weighted by Gasteiger charge is -2.13. The Morgan fingerprint density at radius 1 is 1.24 bits per heavy atom. The molecule has 1 aromatic heterocycles. The molecular formula is C13H13ClN2O. The second kappa shape index (κ2) is 4.08. The summed E-state index contributed by atoms with van der Waals surface area (Å²) in [7, 11) is 0. The van der Waals surface area contributed by atoms with E-state index >= 15 is 0 Å². The zero-order valence-corrected chi connectivity index (χ0v) is 10.1. The van der Waals surface area contributed by atoms with Crippen molar-refractivity contribution >= 4 is 28.4 Å². The van der Waals surface area contributed by atoms with Crippen molar-refractivity contribution in [3.63, 3.8) is 0 Å². The van der Waals surface area contributed by atoms with Crippen molar-refractivity contribution in [2.75, 3.05) is 13.1 Å². The first-order valence-electron chi connectivity index (χ1n) is 5.81. The van der Waals surface area contributed by atoms with E-state index in [1.54, 1.807) is 0 Å². The molecule has 1 saturated heterocycles. The molecular weight excluding hydrogens is 236 g/mol. The van der Waals surface area contributed by atoms with E-state index in [1.165, 1.54) is 0 Å². The van der Waals surface area contributed by atoms with Gasteiger partial charge in [-0.3, -0.25) is 4.79 Å². The first kappa shape index (κ1) is 10.7. The molecule has 0 spiro atoms. The fourth-order valence-electron chi connectivity index (χ4n) is 2.31. The molecule has 0 aliphatic carbocycles. The summed E-state index contributed by atoms with van der Waals surface area (Å²) in [6.45, 7) is 1.74. The second-order valence-corrected chi connectivity index (χ2v) is 4.85. The van der Waals surface area contributed by atoms with Crippen LogP contribution in [-0.4, -0.2) is 28.9 Å². The molecule has 1 aliphatic heterocycles. The molecule has 0 atom stereocenters. The van der Waals surface area contributed by atoms with E-state index < -0.39 is 0 Å². The van der Waals surface area contributed by atoms with Crippen molar-refractivity contribution in [1.82, 2.24) is 9.88 Å². The fraction of sp³-hybridized carbons (Fsp3) is 0.308. The van der Waals surface area contributed by atoms with Gasteiger partial charge in [0.1, 0.15) is 5.69 Å². The molecule has 88 valence electrons. The van der Waals surface area contributed by atoms with Gasteiger partial charge in [-0.1, -0.05) is 17.7 Å². The lowest BCUT2D eigenvalue weighted by atomic mass is 10.2. The average molecular weight is 249 g/mol. The van der Waals surface area contributed by atoms with Crippen molar-refractivity contribution in [2.45, 2.75) is 12.8 Å². The van der Waals surface area contributed by atoms with Crippen molar-refractivity contribution in [2.24, 2.45) is 0 Å². The number of hydrogen-bond acceptors (Lipinski definition) is 1. The summed E-state index contributed by atoms with van der Waals surface area (Å²) < 4.78 is 0. The van der Waals surface area contributed by atoms with Crippen LogP contribution in [0.1, 0.15) is 23.3 Å². The number of hydrogen-bond donors (Lipinski definition) is 1. The van der Waals surface area contributed by atoms with Crippen LogP contribution < -0.4 is 0 Å². The van der Waals surface area contributed by atoms with Gasteiger partial charge in [-0.15, -0.1) is 0 Å². The normalized spacial score (nSPS) is 15.7. The zero-order valence-electron chi connectivity index (χ0n) is 9.37. The molecule has 1 amide bonds. The van der Waals surface area contributed by atoms with Gasteiger partial charge < -0.3 is 9.88 Å². The van der Waals surface area contributed by atoms with E-state index in [4.69, 9.17) is 11.6 Å². The van der Waals surface area contributed by atoms with E-state index in [0.717, 1.165) is 36.8 Å². The van der Waals surface area contributed by atoms with Gasteiger partial charge in [0, 0.05) is 29.0 Å². The Hall–Kier alpha value is -1.48. The maximum Gasteiger partial charge on any atom is 0.270 e. The summed E-state index contributed by atoms with van der Waals surface area (Å²) >= 11 is 5.92. The Kier molecular flexibility index (Phi) is 2.56. The first-order chi connectivity index (χ1) is 8.24. The Labute approximate surface area is 104 Å². The minimum Gasteiger partial charge on any atom is -0.350 e. The minimum absolute atomic E-state index is 0.0924. The molecule has 0 saturated carbocycles. The topological polar surface area (TPSA) is 36.1 Å². The van der Waals surface area contributed by atoms with Crippen molar-refractivity contribution in [3.8, 4) is 0 Å². The SMILES string of the molecule is O=C(c1cc2ccc(Cl)cc2[nH]1)N1CCCC1. The second-order valence-electron chi connectivity index (χ2n) is 4.41. The number of aromatic nitrogens is 1. The van der Waals surface area contributed by atoms with Gasteiger partial charge in [0.15, 0.2) is 0 Å². The third-order valence-electron chi connectivity index (χ3n) is 3.21. The molecule has 1 aromatic carbocycles. The van der Waals surface area contributed by atoms with Crippen LogP contribution >= 0.6 is 11.6 Å². The number of carbonyl (C=O) groups excluding carboxylic acids is 1. The maximum atomic E-state index is 12.2. The predicted molar refractivity (Wildman–Crippen MR) is 68.4 cm³/mol. The van der Waals surface area contributed by atoms with Gasteiger partial charge in [-0.25, -0.2) is 0 Å². The number of amides is 1. The molecule has 4 heteroatoms. The standard InChI is InChI=1S/C13H13ClN2O/c14-10-4-3-9-7-12(15-11(9)8-10)13(17)16-5-1-2-6-16/h3-4,7-8,15H,1-2,5-6H2. The highest BCUT2D eigenvalue weighted by Gasteiger charge is 2.20. The van der Waals surface area contributed by atoms with Crippen LogP contribution in [0, 0.1) is 0 Å². The molecule has 1 N–H and O–H groups in total. The van der Waals surface area contributed by atoms with Gasteiger partial charge >= 0.3 is 0 Å². The number of halogens is 1. The number of carbonyl (C=O) groups is 1. The van der Waals surface area contributed by atoms with Gasteiger partial charge in [-0.05, 0) is 31.0 Å². The third-order valence-corrected chi connectivity index (χ3v) is 3.44. The number of fused-ring (bicyclic) bond motifs is 1. The van der Waals surface area contributed by atoms with E-state index in [1.807, 2.05) is 29.2 Å². The Bertz CT molecular complexity index is 570. The van der Waals surface area contributed by atoms with E-state index in [0.29, 0.717) is 10.7 Å². The maximum absolute atomic E-state index is 12.2. The highest BCUT2D eigenvalue weighted by Crippen LogP contribution is 2.21. The summed E-state index contributed by atoms with van der Waals surface area (Å²) in [5, 5.41) is 1.71. The number of likely N-dealkylation sites (tertiary alicyclic amines) is 1. The van der Waals surface area contributed by atoms with Gasteiger partial charge in [0.2, 0.25) is 0 Å². The lowest BCUT2D eigenvalue weighted by molar-refractivity contribution is 0.0788. The smallest absolute Gasteiger partial charge is 0.270 e. The van der Waals surface area contributed by atoms with E-state index in [-0.39, 0.29) is 5.91 Å². The number of aromatic amines is 1. The van der Waals surface area contributed by atoms with Crippen LogP contribution in [0.2, 0.25) is 5.02 Å². The Morgan fingerprint density at radius 3 is 2.76 bits per heavy atom. The summed E-state index contributed by atoms with van der Waals surface area (Å²) in [6.07, 6.45) is 2.22. The lowest BCUT2D eigenvalue weighted by Crippen LogP contribution is -2.27. The molecule has 0 unspecified atom stereocenters. The average Bonchev–Trinajstić information content (AvgIpc) is 2.96. The Balaban J connectivity index is 1.97. The van der Waals surface area contributed by atoms with Crippen LogP contribution in [0.3, 0.4) is 0 Å². The quantitative estimate of drug-likeness (QED) is 0.827. The largest absolute Gasteiger partial charge is 0.350 e. The Morgan fingerprint density at radius 2 is 2.00 bits per heavy atom. The third kappa shape index (κ3) is 1.91. The van der Waals surface area contributed by atoms with Crippen LogP contribution in [0.25, 0.3) is 10.9 Å². The van der Waals surface area contributed by atoms with E-state index in [2.05, 4.69) is 4.98 Å². The minimum atomic E-state index is 0.0924. The summed E-state index contributed by atoms with van der Waals surface area (Å²) in [4.78, 5) is 17.2. The van der Waals surface area contributed by atoms with Gasteiger partial charge in [-0.2, -0.15) is 0 Å². The zero-order chi connectivity index (χ0) is 11.8. The van der Waals surface area contributed by atoms with Crippen molar-refractivity contribution in [3.05, 3.63) is 35.0 Å². The van der Waals surface area contributed by atoms with Crippen LogP contribution in [-0.2, 0) is 0 Å². The molecule has 3 rings (SSSR count). The highest BCUT2D eigenvalue weighted by atomic mass is 35.5. The first-order valence-corrected chi connectivity index (χ1v) is 6.19. The fourth-order valence-corrected chi connectivity index (χ4v) is 2.48. The van der Waals surface area contributed by atoms with Crippen molar-refractivity contribution in [1.29, 1.82) is 0 Å². The molecule has 2 aromatic rings. The number of rotatable bonds is 1. The summed E-state index contributed by atoms with van der Waals surface area (Å²) in [5.74, 6) is 0.0924. The number of H-pyrrole nitrogens is 1. The molecule has 1 fully saturated rings. The van der Waals surface area contributed by atoms with Crippen LogP contribution in [0.15, 0.2) is 24.3 Å². The monoisotopic (exact) mass is 248 g/mol. The molecule has 0 radical (unpaired) electrons. The predicted octanol–water partition coefficient (Wildman–Crippen LogP) is 3.06. The number of benzene rings is 1. The number of nitrogens with zero attached hydrogens (tertiary/aromatic N) is 1. The van der Waals surface area contributed by atoms with Gasteiger partial charge in [0.25, 0.3) is 5.91 Å². The summed E-state index contributed by atoms with van der Waals surface area (Å²) in [5.41, 5.74) is 1.57. The highest BCUT2D eigenvalue weighted by molar-refractivity contribution is 6.31. The molecule has 2 heterocycles. The molecule has 17 heavy (non-hydrogen) atoms. The molecule has 0 bridgehead atoms.